The first-order valence-electron chi connectivity index (χ1n) is 4.88. The molecule has 0 aliphatic rings. The molecule has 96 valence electrons. The third kappa shape index (κ3) is 2.80. The van der Waals surface area contributed by atoms with Crippen LogP contribution in [0.5, 0.6) is 0 Å². The molecule has 7 heteroatoms. The smallest absolute Gasteiger partial charge is 0.239 e. The topological polar surface area (TPSA) is 17.8 Å². The van der Waals surface area contributed by atoms with Crippen LogP contribution in [0.15, 0.2) is 30.6 Å². The average Bonchev–Trinajstić information content (AvgIpc) is 2.74. The number of alkyl halides is 4. The molecule has 0 saturated heterocycles. The van der Waals surface area contributed by atoms with Crippen molar-refractivity contribution in [3.8, 4) is 5.69 Å². The maximum Gasteiger partial charge on any atom is 0.418 e. The summed E-state index contributed by atoms with van der Waals surface area (Å²) in [6.07, 6.45) is -1.41. The molecule has 0 atom stereocenters. The van der Waals surface area contributed by atoms with E-state index in [9.17, 15) is 13.2 Å². The van der Waals surface area contributed by atoms with Gasteiger partial charge in [-0.15, -0.1) is 11.6 Å². The van der Waals surface area contributed by atoms with Crippen LogP contribution < -0.4 is 0 Å². The van der Waals surface area contributed by atoms with Crippen LogP contribution in [0.25, 0.3) is 5.69 Å². The van der Waals surface area contributed by atoms with Gasteiger partial charge in [0.05, 0.1) is 21.0 Å². The zero-order valence-electron chi connectivity index (χ0n) is 8.88. The summed E-state index contributed by atoms with van der Waals surface area (Å²) in [5.74, 6) is 0.0417. The summed E-state index contributed by atoms with van der Waals surface area (Å²) < 4.78 is 40.9. The van der Waals surface area contributed by atoms with Crippen molar-refractivity contribution in [2.45, 2.75) is 12.1 Å². The van der Waals surface area contributed by atoms with Gasteiger partial charge in [-0.05, 0) is 40.3 Å². The predicted octanol–water partition coefficient (Wildman–Crippen LogP) is 4.23. The van der Waals surface area contributed by atoms with E-state index in [1.54, 1.807) is 6.07 Å². The zero-order valence-corrected chi connectivity index (χ0v) is 11.8. The van der Waals surface area contributed by atoms with Gasteiger partial charge in [-0.3, -0.25) is 0 Å². The second kappa shape index (κ2) is 5.08. The summed E-state index contributed by atoms with van der Waals surface area (Å²) in [6, 6.07) is 3.99. The molecule has 0 radical (unpaired) electrons. The molecule has 1 aromatic carbocycles. The van der Waals surface area contributed by atoms with Gasteiger partial charge < -0.3 is 0 Å². The number of halogens is 5. The Kier molecular flexibility index (Phi) is 3.86. The summed E-state index contributed by atoms with van der Waals surface area (Å²) in [5.41, 5.74) is -0.311. The second-order valence-electron chi connectivity index (χ2n) is 3.59. The Balaban J connectivity index is 2.60. The van der Waals surface area contributed by atoms with Crippen LogP contribution in [-0.4, -0.2) is 9.78 Å². The van der Waals surface area contributed by atoms with Crippen molar-refractivity contribution in [2.75, 3.05) is 0 Å². The van der Waals surface area contributed by atoms with E-state index in [0.29, 0.717) is 5.56 Å². The summed E-state index contributed by atoms with van der Waals surface area (Å²) >= 11 is 7.55. The van der Waals surface area contributed by atoms with Crippen LogP contribution in [0.4, 0.5) is 13.2 Å². The van der Waals surface area contributed by atoms with Crippen molar-refractivity contribution in [2.24, 2.45) is 0 Å². The van der Waals surface area contributed by atoms with Gasteiger partial charge in [-0.1, -0.05) is 6.07 Å². The molecule has 1 aromatic heterocycles. The Morgan fingerprint density at radius 1 is 1.33 bits per heavy atom. The first kappa shape index (κ1) is 13.7. The normalized spacial score (nSPS) is 11.8. The number of benzene rings is 1. The lowest BCUT2D eigenvalue weighted by atomic mass is 10.1. The molecule has 0 N–H and O–H groups in total. The van der Waals surface area contributed by atoms with Crippen LogP contribution in [0.2, 0.25) is 0 Å². The Hall–Kier alpha value is -0.760. The van der Waals surface area contributed by atoms with E-state index in [0.717, 1.165) is 9.64 Å². The van der Waals surface area contributed by atoms with Crippen molar-refractivity contribution in [3.63, 3.8) is 0 Å². The zero-order chi connectivity index (χ0) is 13.3. The van der Waals surface area contributed by atoms with Crippen molar-refractivity contribution >= 4 is 34.2 Å². The largest absolute Gasteiger partial charge is 0.418 e. The van der Waals surface area contributed by atoms with Gasteiger partial charge >= 0.3 is 6.18 Å². The molecule has 0 amide bonds. The highest BCUT2D eigenvalue weighted by atomic mass is 127. The van der Waals surface area contributed by atoms with Crippen molar-refractivity contribution < 1.29 is 13.2 Å². The summed E-state index contributed by atoms with van der Waals surface area (Å²) in [5, 5.41) is 3.89. The lowest BCUT2D eigenvalue weighted by Crippen LogP contribution is -2.11. The number of nitrogens with zero attached hydrogens (tertiary/aromatic N) is 2. The molecular weight excluding hydrogens is 379 g/mol. The van der Waals surface area contributed by atoms with E-state index < -0.39 is 11.7 Å². The standard InChI is InChI=1S/C11H7ClF3IN2/c12-4-7-1-2-10(9(3-7)11(13,14)15)18-6-8(16)5-17-18/h1-3,5-6H,4H2. The first-order valence-corrected chi connectivity index (χ1v) is 6.50. The number of hydrogen-bond acceptors (Lipinski definition) is 1. The van der Waals surface area contributed by atoms with Gasteiger partial charge in [0.1, 0.15) is 0 Å². The predicted molar refractivity (Wildman–Crippen MR) is 70.8 cm³/mol. The highest BCUT2D eigenvalue weighted by Gasteiger charge is 2.34. The van der Waals surface area contributed by atoms with Gasteiger partial charge in [0.15, 0.2) is 0 Å². The van der Waals surface area contributed by atoms with Crippen LogP contribution in [0.1, 0.15) is 11.1 Å². The molecular formula is C11H7ClF3IN2. The molecule has 0 fully saturated rings. The molecule has 0 aliphatic carbocycles. The van der Waals surface area contributed by atoms with Gasteiger partial charge in [-0.25, -0.2) is 4.68 Å². The fourth-order valence-corrected chi connectivity index (χ4v) is 2.08. The second-order valence-corrected chi connectivity index (χ2v) is 5.10. The van der Waals surface area contributed by atoms with E-state index in [1.807, 2.05) is 22.6 Å². The van der Waals surface area contributed by atoms with E-state index in [4.69, 9.17) is 11.6 Å². The minimum absolute atomic E-state index is 0.000664. The van der Waals surface area contributed by atoms with E-state index in [1.165, 1.54) is 23.1 Å². The Labute approximate surface area is 120 Å². The molecule has 0 bridgehead atoms. The molecule has 2 rings (SSSR count). The van der Waals surface area contributed by atoms with E-state index in [2.05, 4.69) is 5.10 Å². The lowest BCUT2D eigenvalue weighted by Gasteiger charge is -2.13. The molecule has 0 unspecified atom stereocenters. The molecule has 2 aromatic rings. The Bertz CT molecular complexity index is 566. The van der Waals surface area contributed by atoms with Crippen LogP contribution in [0, 0.1) is 3.57 Å². The fraction of sp³-hybridized carbons (Fsp3) is 0.182. The maximum atomic E-state index is 13.0. The van der Waals surface area contributed by atoms with Crippen LogP contribution >= 0.6 is 34.2 Å². The monoisotopic (exact) mass is 386 g/mol. The number of rotatable bonds is 2. The first-order chi connectivity index (χ1) is 8.41. The van der Waals surface area contributed by atoms with E-state index in [-0.39, 0.29) is 11.6 Å². The highest BCUT2D eigenvalue weighted by Crippen LogP contribution is 2.34. The highest BCUT2D eigenvalue weighted by molar-refractivity contribution is 14.1. The minimum Gasteiger partial charge on any atom is -0.239 e. The molecule has 2 nitrogen and oxygen atoms in total. The lowest BCUT2D eigenvalue weighted by molar-refractivity contribution is -0.137. The van der Waals surface area contributed by atoms with Crippen molar-refractivity contribution in [3.05, 3.63) is 45.3 Å². The summed E-state index contributed by atoms with van der Waals surface area (Å²) in [6.45, 7) is 0. The minimum atomic E-state index is -4.44. The summed E-state index contributed by atoms with van der Waals surface area (Å²) in [7, 11) is 0. The van der Waals surface area contributed by atoms with Gasteiger partial charge in [-0.2, -0.15) is 18.3 Å². The molecule has 0 aliphatic heterocycles. The quantitative estimate of drug-likeness (QED) is 0.558. The Morgan fingerprint density at radius 3 is 2.56 bits per heavy atom. The maximum absolute atomic E-state index is 13.0. The van der Waals surface area contributed by atoms with Crippen molar-refractivity contribution in [1.29, 1.82) is 0 Å². The number of hydrogen-bond donors (Lipinski definition) is 0. The molecule has 1 heterocycles. The fourth-order valence-electron chi connectivity index (χ4n) is 1.53. The third-order valence-electron chi connectivity index (χ3n) is 2.32. The van der Waals surface area contributed by atoms with Gasteiger partial charge in [0.2, 0.25) is 0 Å². The van der Waals surface area contributed by atoms with Gasteiger partial charge in [0, 0.05) is 12.1 Å². The van der Waals surface area contributed by atoms with Crippen LogP contribution in [0.3, 0.4) is 0 Å². The third-order valence-corrected chi connectivity index (χ3v) is 3.18. The SMILES string of the molecule is FC(F)(F)c1cc(CCl)ccc1-n1cc(I)cn1. The molecule has 0 spiro atoms. The summed E-state index contributed by atoms with van der Waals surface area (Å²) in [4.78, 5) is 0. The van der Waals surface area contributed by atoms with Crippen molar-refractivity contribution in [1.82, 2.24) is 9.78 Å². The van der Waals surface area contributed by atoms with Crippen LogP contribution in [-0.2, 0) is 12.1 Å². The Morgan fingerprint density at radius 2 is 2.06 bits per heavy atom. The van der Waals surface area contributed by atoms with E-state index >= 15 is 0 Å². The molecule has 0 saturated carbocycles. The molecule has 18 heavy (non-hydrogen) atoms. The number of aromatic nitrogens is 2. The average molecular weight is 387 g/mol. The van der Waals surface area contributed by atoms with Gasteiger partial charge in [0.25, 0.3) is 0 Å².